The molecule has 2 aromatic carbocycles. The molecule has 0 radical (unpaired) electrons. The number of hydrogen-bond acceptors (Lipinski definition) is 3. The molecule has 0 aliphatic carbocycles. The van der Waals surface area contributed by atoms with E-state index in [2.05, 4.69) is 0 Å². The van der Waals surface area contributed by atoms with Crippen LogP contribution >= 0.6 is 0 Å². The van der Waals surface area contributed by atoms with Gasteiger partial charge in [-0.25, -0.2) is 4.39 Å². The molecular formula is C14H13FO3. The first-order chi connectivity index (χ1) is 8.69. The predicted molar refractivity (Wildman–Crippen MR) is 65.4 cm³/mol. The molecule has 0 saturated heterocycles. The molecule has 0 aliphatic heterocycles. The number of phenols is 1. The van der Waals surface area contributed by atoms with Gasteiger partial charge in [0.1, 0.15) is 18.2 Å². The third kappa shape index (κ3) is 2.91. The van der Waals surface area contributed by atoms with Crippen molar-refractivity contribution in [2.24, 2.45) is 0 Å². The Hall–Kier alpha value is -2.23. The summed E-state index contributed by atoms with van der Waals surface area (Å²) in [7, 11) is 1.48. The number of hydrogen-bond donors (Lipinski definition) is 1. The summed E-state index contributed by atoms with van der Waals surface area (Å²) in [4.78, 5) is 0. The van der Waals surface area contributed by atoms with E-state index < -0.39 is 0 Å². The van der Waals surface area contributed by atoms with Crippen LogP contribution in [-0.2, 0) is 6.61 Å². The van der Waals surface area contributed by atoms with Crippen LogP contribution in [0, 0.1) is 5.82 Å². The van der Waals surface area contributed by atoms with Gasteiger partial charge in [0.05, 0.1) is 7.11 Å². The maximum absolute atomic E-state index is 12.9. The second-order valence-electron chi connectivity index (χ2n) is 3.75. The maximum atomic E-state index is 12.9. The van der Waals surface area contributed by atoms with E-state index >= 15 is 0 Å². The summed E-state index contributed by atoms with van der Waals surface area (Å²) in [5.41, 5.74) is 0.828. The summed E-state index contributed by atoms with van der Waals surface area (Å²) in [6.07, 6.45) is 0. The molecule has 0 aliphatic rings. The number of benzene rings is 2. The van der Waals surface area contributed by atoms with Crippen molar-refractivity contribution in [3.05, 3.63) is 53.8 Å². The number of methoxy groups -OCH3 is 1. The van der Waals surface area contributed by atoms with Crippen molar-refractivity contribution in [2.45, 2.75) is 6.61 Å². The molecule has 0 amide bonds. The second kappa shape index (κ2) is 5.40. The number of ether oxygens (including phenoxy) is 2. The van der Waals surface area contributed by atoms with E-state index in [-0.39, 0.29) is 18.2 Å². The molecule has 3 nitrogen and oxygen atoms in total. The topological polar surface area (TPSA) is 38.7 Å². The average molecular weight is 248 g/mol. The van der Waals surface area contributed by atoms with Crippen molar-refractivity contribution >= 4 is 0 Å². The van der Waals surface area contributed by atoms with Crippen LogP contribution in [0.4, 0.5) is 4.39 Å². The standard InChI is InChI=1S/C14H13FO3/c1-17-14-7-10(5-6-13(14)16)9-18-12-4-2-3-11(15)8-12/h2-8,16H,9H2,1H3. The van der Waals surface area contributed by atoms with Crippen LogP contribution < -0.4 is 9.47 Å². The Balaban J connectivity index is 2.06. The third-order valence-electron chi connectivity index (χ3n) is 2.45. The molecule has 0 bridgehead atoms. The number of phenolic OH excluding ortho intramolecular Hbond substituents is 1. The molecular weight excluding hydrogens is 235 g/mol. The molecule has 0 atom stereocenters. The first-order valence-electron chi connectivity index (χ1n) is 5.43. The van der Waals surface area contributed by atoms with Gasteiger partial charge in [0.25, 0.3) is 0 Å². The van der Waals surface area contributed by atoms with Gasteiger partial charge in [0.15, 0.2) is 11.5 Å². The van der Waals surface area contributed by atoms with Crippen LogP contribution in [0.15, 0.2) is 42.5 Å². The highest BCUT2D eigenvalue weighted by Gasteiger charge is 2.03. The first kappa shape index (κ1) is 12.2. The Morgan fingerprint density at radius 1 is 1.17 bits per heavy atom. The summed E-state index contributed by atoms with van der Waals surface area (Å²) >= 11 is 0. The highest BCUT2D eigenvalue weighted by atomic mass is 19.1. The van der Waals surface area contributed by atoms with Gasteiger partial charge in [0.2, 0.25) is 0 Å². The van der Waals surface area contributed by atoms with E-state index in [1.54, 1.807) is 24.3 Å². The molecule has 0 aromatic heterocycles. The van der Waals surface area contributed by atoms with Gasteiger partial charge in [-0.1, -0.05) is 12.1 Å². The first-order valence-corrected chi connectivity index (χ1v) is 5.43. The summed E-state index contributed by atoms with van der Waals surface area (Å²) in [6, 6.07) is 10.9. The van der Waals surface area contributed by atoms with Gasteiger partial charge in [-0.15, -0.1) is 0 Å². The van der Waals surface area contributed by atoms with Crippen LogP contribution in [0.5, 0.6) is 17.2 Å². The molecule has 4 heteroatoms. The Bertz CT molecular complexity index is 540. The van der Waals surface area contributed by atoms with Crippen LogP contribution in [0.25, 0.3) is 0 Å². The predicted octanol–water partition coefficient (Wildman–Crippen LogP) is 3.12. The zero-order valence-corrected chi connectivity index (χ0v) is 9.89. The Labute approximate surface area is 104 Å². The fourth-order valence-corrected chi connectivity index (χ4v) is 1.54. The molecule has 1 N–H and O–H groups in total. The van der Waals surface area contributed by atoms with E-state index in [4.69, 9.17) is 9.47 Å². The third-order valence-corrected chi connectivity index (χ3v) is 2.45. The lowest BCUT2D eigenvalue weighted by Crippen LogP contribution is -1.96. The summed E-state index contributed by atoms with van der Waals surface area (Å²) in [5, 5.41) is 9.44. The lowest BCUT2D eigenvalue weighted by molar-refractivity contribution is 0.302. The van der Waals surface area contributed by atoms with Crippen LogP contribution in [0.3, 0.4) is 0 Å². The lowest BCUT2D eigenvalue weighted by atomic mass is 10.2. The van der Waals surface area contributed by atoms with Crippen molar-refractivity contribution in [2.75, 3.05) is 7.11 Å². The normalized spacial score (nSPS) is 10.1. The van der Waals surface area contributed by atoms with Crippen molar-refractivity contribution in [3.63, 3.8) is 0 Å². The average Bonchev–Trinajstić information content (AvgIpc) is 2.38. The molecule has 2 rings (SSSR count). The van der Waals surface area contributed by atoms with Crippen molar-refractivity contribution < 1.29 is 19.0 Å². The number of rotatable bonds is 4. The minimum atomic E-state index is -0.337. The summed E-state index contributed by atoms with van der Waals surface area (Å²) in [6.45, 7) is 0.278. The van der Waals surface area contributed by atoms with Crippen LogP contribution in [0.2, 0.25) is 0 Å². The van der Waals surface area contributed by atoms with Crippen molar-refractivity contribution in [3.8, 4) is 17.2 Å². The van der Waals surface area contributed by atoms with Gasteiger partial charge in [-0.05, 0) is 29.8 Å². The van der Waals surface area contributed by atoms with E-state index in [0.717, 1.165) is 5.56 Å². The zero-order valence-electron chi connectivity index (χ0n) is 9.89. The Morgan fingerprint density at radius 3 is 2.72 bits per heavy atom. The van der Waals surface area contributed by atoms with Crippen LogP contribution in [-0.4, -0.2) is 12.2 Å². The SMILES string of the molecule is COc1cc(COc2cccc(F)c2)ccc1O. The van der Waals surface area contributed by atoms with Crippen molar-refractivity contribution in [1.29, 1.82) is 0 Å². The fourth-order valence-electron chi connectivity index (χ4n) is 1.54. The zero-order chi connectivity index (χ0) is 13.0. The molecule has 94 valence electrons. The summed E-state index contributed by atoms with van der Waals surface area (Å²) in [5.74, 6) is 0.583. The van der Waals surface area contributed by atoms with Gasteiger partial charge in [-0.3, -0.25) is 0 Å². The number of aromatic hydroxyl groups is 1. The second-order valence-corrected chi connectivity index (χ2v) is 3.75. The van der Waals surface area contributed by atoms with Gasteiger partial charge in [-0.2, -0.15) is 0 Å². The monoisotopic (exact) mass is 248 g/mol. The van der Waals surface area contributed by atoms with Gasteiger partial charge in [0, 0.05) is 6.07 Å². The Kier molecular flexibility index (Phi) is 3.67. The molecule has 2 aromatic rings. The number of halogens is 1. The molecule has 0 heterocycles. The molecule has 18 heavy (non-hydrogen) atoms. The van der Waals surface area contributed by atoms with E-state index in [1.807, 2.05) is 0 Å². The molecule has 0 spiro atoms. The molecule has 0 saturated carbocycles. The lowest BCUT2D eigenvalue weighted by Gasteiger charge is -2.08. The largest absolute Gasteiger partial charge is 0.504 e. The molecule has 0 unspecified atom stereocenters. The fraction of sp³-hybridized carbons (Fsp3) is 0.143. The van der Waals surface area contributed by atoms with Crippen molar-refractivity contribution in [1.82, 2.24) is 0 Å². The van der Waals surface area contributed by atoms with E-state index in [9.17, 15) is 9.50 Å². The maximum Gasteiger partial charge on any atom is 0.160 e. The minimum absolute atomic E-state index is 0.0759. The minimum Gasteiger partial charge on any atom is -0.504 e. The smallest absolute Gasteiger partial charge is 0.160 e. The van der Waals surface area contributed by atoms with Gasteiger partial charge >= 0.3 is 0 Å². The Morgan fingerprint density at radius 2 is 2.00 bits per heavy atom. The summed E-state index contributed by atoms with van der Waals surface area (Å²) < 4.78 is 23.4. The quantitative estimate of drug-likeness (QED) is 0.903. The highest BCUT2D eigenvalue weighted by molar-refractivity contribution is 5.41. The van der Waals surface area contributed by atoms with Gasteiger partial charge < -0.3 is 14.6 Å². The van der Waals surface area contributed by atoms with E-state index in [1.165, 1.54) is 25.3 Å². The van der Waals surface area contributed by atoms with E-state index in [0.29, 0.717) is 11.5 Å². The highest BCUT2D eigenvalue weighted by Crippen LogP contribution is 2.26. The van der Waals surface area contributed by atoms with Crippen LogP contribution in [0.1, 0.15) is 5.56 Å². The molecule has 0 fully saturated rings.